The van der Waals surface area contributed by atoms with Crippen LogP contribution in [0, 0.1) is 5.82 Å². The average Bonchev–Trinajstić information content (AvgIpc) is 3.31. The van der Waals surface area contributed by atoms with E-state index in [9.17, 15) is 9.18 Å². The van der Waals surface area contributed by atoms with Gasteiger partial charge in [0.2, 0.25) is 0 Å². The number of nitrogens with one attached hydrogen (secondary N) is 1. The highest BCUT2D eigenvalue weighted by molar-refractivity contribution is 7.20. The zero-order chi connectivity index (χ0) is 17.9. The molecule has 6 heteroatoms. The van der Waals surface area contributed by atoms with E-state index in [2.05, 4.69) is 10.4 Å². The summed E-state index contributed by atoms with van der Waals surface area (Å²) in [6, 6.07) is 16.3. The lowest BCUT2D eigenvalue weighted by Crippen LogP contribution is -2.22. The first-order valence-corrected chi connectivity index (χ1v) is 9.03. The fourth-order valence-corrected chi connectivity index (χ4v) is 3.84. The van der Waals surface area contributed by atoms with E-state index in [4.69, 9.17) is 0 Å². The summed E-state index contributed by atoms with van der Waals surface area (Å²) >= 11 is 1.30. The minimum absolute atomic E-state index is 0.195. The van der Waals surface area contributed by atoms with Crippen LogP contribution in [-0.4, -0.2) is 15.7 Å². The minimum atomic E-state index is -0.303. The van der Waals surface area contributed by atoms with Crippen LogP contribution in [0.4, 0.5) is 4.39 Å². The van der Waals surface area contributed by atoms with Gasteiger partial charge in [-0.2, -0.15) is 5.10 Å². The molecule has 0 aliphatic heterocycles. The van der Waals surface area contributed by atoms with E-state index in [-0.39, 0.29) is 11.7 Å². The van der Waals surface area contributed by atoms with Gasteiger partial charge in [-0.3, -0.25) is 9.48 Å². The quantitative estimate of drug-likeness (QED) is 0.576. The molecular weight excluding hydrogens is 349 g/mol. The van der Waals surface area contributed by atoms with Crippen molar-refractivity contribution in [1.29, 1.82) is 0 Å². The Labute approximate surface area is 153 Å². The van der Waals surface area contributed by atoms with Crippen LogP contribution in [0.15, 0.2) is 67.0 Å². The van der Waals surface area contributed by atoms with E-state index in [1.165, 1.54) is 17.4 Å². The highest BCUT2D eigenvalue weighted by Crippen LogP contribution is 2.27. The number of benzene rings is 2. The fourth-order valence-electron chi connectivity index (χ4n) is 2.85. The van der Waals surface area contributed by atoms with Crippen molar-refractivity contribution >= 4 is 27.3 Å². The summed E-state index contributed by atoms with van der Waals surface area (Å²) in [7, 11) is 0. The maximum absolute atomic E-state index is 13.8. The Morgan fingerprint density at radius 1 is 1.12 bits per heavy atom. The largest absolute Gasteiger partial charge is 0.347 e. The Bertz CT molecular complexity index is 1060. The number of carbonyl (C=O) groups is 1. The standard InChI is InChI=1S/C20H16FN3OS/c21-17-7-3-8-18-16(17)11-19(26-18)20(25)22-12-14-5-1-2-6-15(14)13-24-10-4-9-23-24/h1-11H,12-13H2,(H,22,25). The predicted octanol–water partition coefficient (Wildman–Crippen LogP) is 4.22. The van der Waals surface area contributed by atoms with Crippen molar-refractivity contribution in [3.8, 4) is 0 Å². The second kappa shape index (κ2) is 7.09. The second-order valence-corrected chi connectivity index (χ2v) is 7.00. The van der Waals surface area contributed by atoms with Crippen molar-refractivity contribution in [3.63, 3.8) is 0 Å². The number of carbonyl (C=O) groups excluding carboxylic acids is 1. The number of fused-ring (bicyclic) bond motifs is 1. The van der Waals surface area contributed by atoms with Gasteiger partial charge in [0.05, 0.1) is 11.4 Å². The molecule has 0 radical (unpaired) electrons. The molecule has 0 saturated heterocycles. The zero-order valence-electron chi connectivity index (χ0n) is 13.9. The van der Waals surface area contributed by atoms with Crippen LogP contribution in [0.3, 0.4) is 0 Å². The van der Waals surface area contributed by atoms with Gasteiger partial charge in [-0.1, -0.05) is 30.3 Å². The number of amides is 1. The van der Waals surface area contributed by atoms with Crippen LogP contribution in [-0.2, 0) is 13.1 Å². The Morgan fingerprint density at radius 3 is 2.73 bits per heavy atom. The smallest absolute Gasteiger partial charge is 0.261 e. The fraction of sp³-hybridized carbons (Fsp3) is 0.100. The number of nitrogens with zero attached hydrogens (tertiary/aromatic N) is 2. The van der Waals surface area contributed by atoms with E-state index < -0.39 is 0 Å². The van der Waals surface area contributed by atoms with Crippen LogP contribution < -0.4 is 5.32 Å². The molecule has 4 nitrogen and oxygen atoms in total. The lowest BCUT2D eigenvalue weighted by atomic mass is 10.1. The number of hydrogen-bond donors (Lipinski definition) is 1. The van der Waals surface area contributed by atoms with Gasteiger partial charge in [0.25, 0.3) is 5.91 Å². The predicted molar refractivity (Wildman–Crippen MR) is 101 cm³/mol. The molecule has 26 heavy (non-hydrogen) atoms. The summed E-state index contributed by atoms with van der Waals surface area (Å²) in [5.41, 5.74) is 2.13. The number of halogens is 1. The lowest BCUT2D eigenvalue weighted by Gasteiger charge is -2.10. The molecule has 2 heterocycles. The SMILES string of the molecule is O=C(NCc1ccccc1Cn1cccn1)c1cc2c(F)cccc2s1. The van der Waals surface area contributed by atoms with Crippen LogP contribution in [0.5, 0.6) is 0 Å². The molecule has 0 fully saturated rings. The topological polar surface area (TPSA) is 46.9 Å². The van der Waals surface area contributed by atoms with Gasteiger partial charge in [0, 0.05) is 29.0 Å². The van der Waals surface area contributed by atoms with Crippen LogP contribution in [0.1, 0.15) is 20.8 Å². The highest BCUT2D eigenvalue weighted by Gasteiger charge is 2.13. The average molecular weight is 365 g/mol. The summed E-state index contributed by atoms with van der Waals surface area (Å²) in [5.74, 6) is -0.498. The Kier molecular flexibility index (Phi) is 4.50. The van der Waals surface area contributed by atoms with Crippen molar-refractivity contribution in [2.45, 2.75) is 13.1 Å². The van der Waals surface area contributed by atoms with Gasteiger partial charge in [0.1, 0.15) is 5.82 Å². The summed E-state index contributed by atoms with van der Waals surface area (Å²) in [6.45, 7) is 1.06. The molecule has 0 saturated carbocycles. The first-order chi connectivity index (χ1) is 12.7. The van der Waals surface area contributed by atoms with E-state index in [1.807, 2.05) is 47.3 Å². The summed E-state index contributed by atoms with van der Waals surface area (Å²) < 4.78 is 16.4. The van der Waals surface area contributed by atoms with Crippen molar-refractivity contribution in [2.75, 3.05) is 0 Å². The third-order valence-corrected chi connectivity index (χ3v) is 5.28. The molecule has 2 aromatic heterocycles. The van der Waals surface area contributed by atoms with Gasteiger partial charge < -0.3 is 5.32 Å². The van der Waals surface area contributed by atoms with Gasteiger partial charge in [-0.25, -0.2) is 4.39 Å². The molecule has 0 spiro atoms. The molecule has 2 aromatic carbocycles. The van der Waals surface area contributed by atoms with E-state index in [0.717, 1.165) is 15.8 Å². The van der Waals surface area contributed by atoms with Gasteiger partial charge in [0.15, 0.2) is 0 Å². The molecule has 1 amide bonds. The number of rotatable bonds is 5. The summed E-state index contributed by atoms with van der Waals surface area (Å²) in [6.07, 6.45) is 3.64. The minimum Gasteiger partial charge on any atom is -0.347 e. The second-order valence-electron chi connectivity index (χ2n) is 5.92. The van der Waals surface area contributed by atoms with Crippen LogP contribution in [0.2, 0.25) is 0 Å². The van der Waals surface area contributed by atoms with Crippen LogP contribution >= 0.6 is 11.3 Å². The maximum Gasteiger partial charge on any atom is 0.261 e. The number of hydrogen-bond acceptors (Lipinski definition) is 3. The molecule has 0 unspecified atom stereocenters. The van der Waals surface area contributed by atoms with Gasteiger partial charge in [-0.05, 0) is 35.4 Å². The molecule has 0 atom stereocenters. The highest BCUT2D eigenvalue weighted by atomic mass is 32.1. The van der Waals surface area contributed by atoms with Crippen molar-refractivity contribution in [2.24, 2.45) is 0 Å². The number of aromatic nitrogens is 2. The lowest BCUT2D eigenvalue weighted by molar-refractivity contribution is 0.0955. The molecular formula is C20H16FN3OS. The van der Waals surface area contributed by atoms with Gasteiger partial charge in [-0.15, -0.1) is 11.3 Å². The van der Waals surface area contributed by atoms with E-state index in [0.29, 0.717) is 23.4 Å². The molecule has 0 aliphatic rings. The van der Waals surface area contributed by atoms with E-state index >= 15 is 0 Å². The van der Waals surface area contributed by atoms with Crippen molar-refractivity contribution in [1.82, 2.24) is 15.1 Å². The molecule has 4 aromatic rings. The normalized spacial score (nSPS) is 11.0. The Balaban J connectivity index is 1.50. The third kappa shape index (κ3) is 3.36. The van der Waals surface area contributed by atoms with E-state index in [1.54, 1.807) is 18.3 Å². The van der Waals surface area contributed by atoms with Gasteiger partial charge >= 0.3 is 0 Å². The molecule has 0 aliphatic carbocycles. The molecule has 130 valence electrons. The first-order valence-electron chi connectivity index (χ1n) is 8.21. The summed E-state index contributed by atoms with van der Waals surface area (Å²) in [5, 5.41) is 7.65. The monoisotopic (exact) mass is 365 g/mol. The maximum atomic E-state index is 13.8. The third-order valence-electron chi connectivity index (χ3n) is 4.18. The van der Waals surface area contributed by atoms with Crippen molar-refractivity contribution < 1.29 is 9.18 Å². The Morgan fingerprint density at radius 2 is 1.96 bits per heavy atom. The zero-order valence-corrected chi connectivity index (χ0v) is 14.7. The molecule has 0 bridgehead atoms. The summed E-state index contributed by atoms with van der Waals surface area (Å²) in [4.78, 5) is 13.0. The first kappa shape index (κ1) is 16.5. The van der Waals surface area contributed by atoms with Crippen molar-refractivity contribution in [3.05, 3.63) is 88.8 Å². The molecule has 4 rings (SSSR count). The Hall–Kier alpha value is -2.99. The number of thiophene rings is 1. The molecule has 1 N–H and O–H groups in total. The van der Waals surface area contributed by atoms with Crippen LogP contribution in [0.25, 0.3) is 10.1 Å².